The predicted molar refractivity (Wildman–Crippen MR) is 80.1 cm³/mol. The van der Waals surface area contributed by atoms with Gasteiger partial charge in [0, 0.05) is 25.1 Å². The maximum Gasteiger partial charge on any atom is 0.239 e. The lowest BCUT2D eigenvalue weighted by atomic mass is 10.2. The average Bonchev–Trinajstić information content (AvgIpc) is 3.29. The molecule has 0 aromatic carbocycles. The lowest BCUT2D eigenvalue weighted by molar-refractivity contribution is -0.118. The fourth-order valence-corrected chi connectivity index (χ4v) is 1.90. The molecule has 0 spiro atoms. The van der Waals surface area contributed by atoms with Gasteiger partial charge in [0.15, 0.2) is 0 Å². The lowest BCUT2D eigenvalue weighted by Gasteiger charge is -2.14. The van der Waals surface area contributed by atoms with E-state index in [1.54, 1.807) is 7.05 Å². The third-order valence-corrected chi connectivity index (χ3v) is 3.34. The Morgan fingerprint density at radius 2 is 1.90 bits per heavy atom. The van der Waals surface area contributed by atoms with Gasteiger partial charge in [0.05, 0.1) is 6.54 Å². The topological polar surface area (TPSA) is 78.9 Å². The highest BCUT2D eigenvalue weighted by Crippen LogP contribution is 2.39. The van der Waals surface area contributed by atoms with Crippen molar-refractivity contribution in [3.63, 3.8) is 0 Å². The van der Waals surface area contributed by atoms with Crippen molar-refractivity contribution < 1.29 is 4.79 Å². The van der Waals surface area contributed by atoms with Gasteiger partial charge in [-0.15, -0.1) is 0 Å². The number of likely N-dealkylation sites (N-methyl/N-ethyl adjacent to an activating group) is 1. The Balaban J connectivity index is 2.18. The summed E-state index contributed by atoms with van der Waals surface area (Å²) in [5, 5.41) is 9.03. The van der Waals surface area contributed by atoms with E-state index in [1.165, 1.54) is 0 Å². The van der Waals surface area contributed by atoms with Crippen LogP contribution < -0.4 is 16.0 Å². The smallest absolute Gasteiger partial charge is 0.239 e. The number of carbonyl (C=O) groups excluding carboxylic acids is 1. The zero-order valence-corrected chi connectivity index (χ0v) is 12.4. The van der Waals surface area contributed by atoms with Gasteiger partial charge in [-0.05, 0) is 26.2 Å². The molecule has 0 bridgehead atoms. The van der Waals surface area contributed by atoms with E-state index in [4.69, 9.17) is 0 Å². The second-order valence-electron chi connectivity index (χ2n) is 5.13. The summed E-state index contributed by atoms with van der Waals surface area (Å²) in [7, 11) is 1.63. The van der Waals surface area contributed by atoms with Crippen molar-refractivity contribution in [3.05, 3.63) is 11.4 Å². The molecule has 1 heterocycles. The van der Waals surface area contributed by atoms with Crippen molar-refractivity contribution in [2.45, 2.75) is 39.0 Å². The van der Waals surface area contributed by atoms with Crippen molar-refractivity contribution in [2.24, 2.45) is 0 Å². The number of nitrogens with zero attached hydrogens (tertiary/aromatic N) is 2. The third-order valence-electron chi connectivity index (χ3n) is 3.34. The van der Waals surface area contributed by atoms with Gasteiger partial charge in [-0.1, -0.05) is 6.92 Å². The normalized spacial score (nSPS) is 13.9. The van der Waals surface area contributed by atoms with E-state index < -0.39 is 0 Å². The Morgan fingerprint density at radius 3 is 2.45 bits per heavy atom. The molecular formula is C14H23N5O. The molecule has 2 rings (SSSR count). The van der Waals surface area contributed by atoms with Crippen LogP contribution in [0, 0.1) is 6.92 Å². The molecule has 0 radical (unpaired) electrons. The SMILES string of the molecule is CCCNc1nc(C2CC2)nc(NCC(=O)NC)c1C. The molecule has 6 heteroatoms. The van der Waals surface area contributed by atoms with Crippen molar-refractivity contribution in [3.8, 4) is 0 Å². The van der Waals surface area contributed by atoms with Gasteiger partial charge in [-0.3, -0.25) is 4.79 Å². The average molecular weight is 277 g/mol. The Bertz CT molecular complexity index is 485. The van der Waals surface area contributed by atoms with Gasteiger partial charge in [-0.2, -0.15) is 0 Å². The maximum atomic E-state index is 11.4. The van der Waals surface area contributed by atoms with Crippen molar-refractivity contribution in [1.82, 2.24) is 15.3 Å². The molecule has 1 saturated carbocycles. The van der Waals surface area contributed by atoms with Crippen LogP contribution in [0.25, 0.3) is 0 Å². The maximum absolute atomic E-state index is 11.4. The largest absolute Gasteiger partial charge is 0.370 e. The first-order valence-corrected chi connectivity index (χ1v) is 7.22. The summed E-state index contributed by atoms with van der Waals surface area (Å²) in [6.45, 7) is 5.21. The highest BCUT2D eigenvalue weighted by molar-refractivity contribution is 5.80. The summed E-state index contributed by atoms with van der Waals surface area (Å²) >= 11 is 0. The molecule has 1 aliphatic rings. The molecule has 1 aromatic heterocycles. The molecular weight excluding hydrogens is 254 g/mol. The first kappa shape index (κ1) is 14.6. The fraction of sp³-hybridized carbons (Fsp3) is 0.643. The Labute approximate surface area is 119 Å². The van der Waals surface area contributed by atoms with E-state index >= 15 is 0 Å². The minimum atomic E-state index is -0.0564. The van der Waals surface area contributed by atoms with Gasteiger partial charge >= 0.3 is 0 Å². The predicted octanol–water partition coefficient (Wildman–Crippen LogP) is 1.64. The second kappa shape index (κ2) is 6.54. The zero-order chi connectivity index (χ0) is 14.5. The van der Waals surface area contributed by atoms with Gasteiger partial charge in [0.25, 0.3) is 0 Å². The van der Waals surface area contributed by atoms with Gasteiger partial charge in [-0.25, -0.2) is 9.97 Å². The number of hydrogen-bond acceptors (Lipinski definition) is 5. The molecule has 1 aliphatic carbocycles. The molecule has 1 fully saturated rings. The van der Waals surface area contributed by atoms with Gasteiger partial charge in [0.1, 0.15) is 17.5 Å². The molecule has 1 aromatic rings. The van der Waals surface area contributed by atoms with Gasteiger partial charge in [0.2, 0.25) is 5.91 Å². The summed E-state index contributed by atoms with van der Waals surface area (Å²) in [4.78, 5) is 20.5. The second-order valence-corrected chi connectivity index (χ2v) is 5.13. The molecule has 0 aliphatic heterocycles. The summed E-state index contributed by atoms with van der Waals surface area (Å²) < 4.78 is 0. The minimum Gasteiger partial charge on any atom is -0.370 e. The molecule has 0 atom stereocenters. The lowest BCUT2D eigenvalue weighted by Crippen LogP contribution is -2.27. The molecule has 1 amide bonds. The molecule has 0 unspecified atom stereocenters. The first-order valence-electron chi connectivity index (χ1n) is 7.22. The van der Waals surface area contributed by atoms with Gasteiger partial charge < -0.3 is 16.0 Å². The highest BCUT2D eigenvalue weighted by Gasteiger charge is 2.28. The van der Waals surface area contributed by atoms with E-state index in [9.17, 15) is 4.79 Å². The van der Waals surface area contributed by atoms with Crippen molar-refractivity contribution in [2.75, 3.05) is 30.8 Å². The van der Waals surface area contributed by atoms with E-state index in [2.05, 4.69) is 32.8 Å². The number of nitrogens with one attached hydrogen (secondary N) is 3. The van der Waals surface area contributed by atoms with E-state index in [0.717, 1.165) is 48.8 Å². The van der Waals surface area contributed by atoms with Crippen LogP contribution in [-0.4, -0.2) is 36.0 Å². The zero-order valence-electron chi connectivity index (χ0n) is 12.4. The number of amides is 1. The van der Waals surface area contributed by atoms with Crippen molar-refractivity contribution in [1.29, 1.82) is 0 Å². The summed E-state index contributed by atoms with van der Waals surface area (Å²) in [5.41, 5.74) is 0.965. The number of anilines is 2. The van der Waals surface area contributed by atoms with Crippen LogP contribution >= 0.6 is 0 Å². The summed E-state index contributed by atoms with van der Waals surface area (Å²) in [5.74, 6) is 2.94. The fourth-order valence-electron chi connectivity index (χ4n) is 1.90. The molecule has 0 saturated heterocycles. The quantitative estimate of drug-likeness (QED) is 0.706. The Hall–Kier alpha value is -1.85. The number of hydrogen-bond donors (Lipinski definition) is 3. The van der Waals surface area contributed by atoms with Crippen molar-refractivity contribution >= 4 is 17.5 Å². The van der Waals surface area contributed by atoms with Crippen LogP contribution in [0.1, 0.15) is 43.5 Å². The standard InChI is InChI=1S/C14H23N5O/c1-4-7-16-12-9(2)13(17-8-11(20)15-3)19-14(18-12)10-5-6-10/h10H,4-8H2,1-3H3,(H,15,20)(H2,16,17,18,19). The van der Waals surface area contributed by atoms with E-state index in [1.807, 2.05) is 6.92 Å². The van der Waals surface area contributed by atoms with E-state index in [0.29, 0.717) is 5.92 Å². The number of aromatic nitrogens is 2. The third kappa shape index (κ3) is 3.59. The molecule has 20 heavy (non-hydrogen) atoms. The van der Waals surface area contributed by atoms with Crippen LogP contribution in [0.5, 0.6) is 0 Å². The number of rotatable bonds is 7. The molecule has 3 N–H and O–H groups in total. The highest BCUT2D eigenvalue weighted by atomic mass is 16.1. The summed E-state index contributed by atoms with van der Waals surface area (Å²) in [6, 6.07) is 0. The van der Waals surface area contributed by atoms with Crippen LogP contribution in [0.3, 0.4) is 0 Å². The molecule has 110 valence electrons. The van der Waals surface area contributed by atoms with E-state index in [-0.39, 0.29) is 12.5 Å². The van der Waals surface area contributed by atoms with Crippen LogP contribution in [0.2, 0.25) is 0 Å². The summed E-state index contributed by atoms with van der Waals surface area (Å²) in [6.07, 6.45) is 3.36. The number of carbonyl (C=O) groups is 1. The van der Waals surface area contributed by atoms with Crippen LogP contribution in [-0.2, 0) is 4.79 Å². The van der Waals surface area contributed by atoms with Crippen LogP contribution in [0.4, 0.5) is 11.6 Å². The first-order chi connectivity index (χ1) is 9.65. The monoisotopic (exact) mass is 277 g/mol. The Kier molecular flexibility index (Phi) is 4.76. The molecule has 6 nitrogen and oxygen atoms in total. The Morgan fingerprint density at radius 1 is 1.25 bits per heavy atom. The minimum absolute atomic E-state index is 0.0564. The van der Waals surface area contributed by atoms with Crippen LogP contribution in [0.15, 0.2) is 0 Å².